The summed E-state index contributed by atoms with van der Waals surface area (Å²) in [5, 5.41) is 0.823. The van der Waals surface area contributed by atoms with Crippen LogP contribution in [0.15, 0.2) is 40.3 Å². The van der Waals surface area contributed by atoms with E-state index in [1.807, 2.05) is 23.1 Å². The summed E-state index contributed by atoms with van der Waals surface area (Å²) in [5.41, 5.74) is 9.53. The molecule has 39 heavy (non-hydrogen) atoms. The highest BCUT2D eigenvalue weighted by molar-refractivity contribution is 6.10. The number of alkyl halides is 2. The Labute approximate surface area is 227 Å². The van der Waals surface area contributed by atoms with E-state index >= 15 is 0 Å². The van der Waals surface area contributed by atoms with Crippen molar-refractivity contribution in [2.45, 2.75) is 26.2 Å². The summed E-state index contributed by atoms with van der Waals surface area (Å²) < 4.78 is 30.5. The predicted molar refractivity (Wildman–Crippen MR) is 155 cm³/mol. The third-order valence-corrected chi connectivity index (χ3v) is 7.81. The lowest BCUT2D eigenvalue weighted by atomic mass is 9.92. The Morgan fingerprint density at radius 3 is 2.51 bits per heavy atom. The van der Waals surface area contributed by atoms with Gasteiger partial charge in [-0.1, -0.05) is 0 Å². The second-order valence-corrected chi connectivity index (χ2v) is 10.4. The van der Waals surface area contributed by atoms with Gasteiger partial charge in [0, 0.05) is 93.1 Å². The standard InChI is InChI=1S/C29H35F2N7O/c1-18-12-23-25(36(4)29(18)39)15-26(37-10-8-35(3)9-11-37)34-28(23)38-7-5-6-19-13-21(20(16-32)17-33-2)22(27(30)31)14-24(19)38/h12-17,27H,5-11,32H2,1-4H3/b20-16+,33-17?. The number of hydrogen-bond acceptors (Lipinski definition) is 7. The summed E-state index contributed by atoms with van der Waals surface area (Å²) in [5.74, 6) is 1.47. The van der Waals surface area contributed by atoms with E-state index in [1.165, 1.54) is 12.4 Å². The first kappa shape index (κ1) is 26.8. The van der Waals surface area contributed by atoms with E-state index in [9.17, 15) is 13.6 Å². The van der Waals surface area contributed by atoms with E-state index in [2.05, 4.69) is 21.8 Å². The summed E-state index contributed by atoms with van der Waals surface area (Å²) in [7, 11) is 5.46. The number of nitrogens with zero attached hydrogens (tertiary/aromatic N) is 6. The van der Waals surface area contributed by atoms with E-state index in [4.69, 9.17) is 10.7 Å². The fourth-order valence-corrected chi connectivity index (χ4v) is 5.63. The van der Waals surface area contributed by atoms with Crippen LogP contribution in [0.2, 0.25) is 0 Å². The molecule has 1 saturated heterocycles. The first-order valence-electron chi connectivity index (χ1n) is 13.2. The first-order valence-corrected chi connectivity index (χ1v) is 13.2. The maximum atomic E-state index is 14.4. The average Bonchev–Trinajstić information content (AvgIpc) is 2.93. The van der Waals surface area contributed by atoms with E-state index in [0.717, 1.165) is 61.3 Å². The molecule has 0 spiro atoms. The molecule has 0 bridgehead atoms. The monoisotopic (exact) mass is 535 g/mol. The molecule has 4 heterocycles. The number of halogens is 2. The zero-order valence-corrected chi connectivity index (χ0v) is 22.9. The molecule has 0 saturated carbocycles. The van der Waals surface area contributed by atoms with Gasteiger partial charge in [0.1, 0.15) is 11.6 Å². The molecule has 0 unspecified atom stereocenters. The van der Waals surface area contributed by atoms with Gasteiger partial charge >= 0.3 is 0 Å². The van der Waals surface area contributed by atoms with Crippen LogP contribution in [0.4, 0.5) is 26.1 Å². The molecular formula is C29H35F2N7O. The Morgan fingerprint density at radius 2 is 1.85 bits per heavy atom. The third kappa shape index (κ3) is 4.89. The van der Waals surface area contributed by atoms with Gasteiger partial charge in [-0.3, -0.25) is 9.79 Å². The van der Waals surface area contributed by atoms with Crippen molar-refractivity contribution in [1.82, 2.24) is 14.5 Å². The molecule has 2 aromatic heterocycles. The number of pyridine rings is 2. The quantitative estimate of drug-likeness (QED) is 0.497. The molecule has 0 amide bonds. The van der Waals surface area contributed by atoms with Crippen LogP contribution in [0.5, 0.6) is 0 Å². The highest BCUT2D eigenvalue weighted by Crippen LogP contribution is 2.41. The van der Waals surface area contributed by atoms with Gasteiger partial charge in [0.2, 0.25) is 0 Å². The number of nitrogens with two attached hydrogens (primary N) is 1. The number of likely N-dealkylation sites (N-methyl/N-ethyl adjacent to an activating group) is 1. The average molecular weight is 536 g/mol. The Bertz CT molecular complexity index is 1520. The Balaban J connectivity index is 1.73. The van der Waals surface area contributed by atoms with Crippen molar-refractivity contribution in [3.8, 4) is 0 Å². The second-order valence-electron chi connectivity index (χ2n) is 10.4. The van der Waals surface area contributed by atoms with Crippen molar-refractivity contribution in [3.05, 3.63) is 63.1 Å². The molecular weight excluding hydrogens is 500 g/mol. The fourth-order valence-electron chi connectivity index (χ4n) is 5.63. The van der Waals surface area contributed by atoms with Crippen molar-refractivity contribution >= 4 is 40.0 Å². The fraction of sp³-hybridized carbons (Fsp3) is 0.414. The third-order valence-electron chi connectivity index (χ3n) is 7.81. The van der Waals surface area contributed by atoms with Crippen LogP contribution in [0.1, 0.15) is 35.1 Å². The number of aliphatic imine (C=N–C) groups is 1. The molecule has 5 rings (SSSR count). The number of aromatic nitrogens is 2. The Kier molecular flexibility index (Phi) is 7.40. The summed E-state index contributed by atoms with van der Waals surface area (Å²) in [6, 6.07) is 7.24. The van der Waals surface area contributed by atoms with Gasteiger partial charge < -0.3 is 25.0 Å². The molecule has 2 N–H and O–H groups in total. The topological polar surface area (TPSA) is 83.0 Å². The van der Waals surface area contributed by atoms with Gasteiger partial charge in [0.15, 0.2) is 0 Å². The van der Waals surface area contributed by atoms with Crippen LogP contribution in [0.3, 0.4) is 0 Å². The Morgan fingerprint density at radius 1 is 1.10 bits per heavy atom. The SMILES string of the molecule is CN=C/C(=C\N)c1cc2c(cc1C(F)F)N(c1nc(N3CCN(C)CC3)cc3c1cc(C)c(=O)n3C)CCC2. The highest BCUT2D eigenvalue weighted by Gasteiger charge is 2.28. The van der Waals surface area contributed by atoms with Gasteiger partial charge in [-0.2, -0.15) is 0 Å². The minimum Gasteiger partial charge on any atom is -0.404 e. The molecule has 2 aliphatic heterocycles. The van der Waals surface area contributed by atoms with Crippen LogP contribution < -0.4 is 21.1 Å². The molecule has 2 aliphatic rings. The van der Waals surface area contributed by atoms with Crippen LogP contribution in [-0.4, -0.2) is 67.5 Å². The van der Waals surface area contributed by atoms with Gasteiger partial charge in [-0.25, -0.2) is 13.8 Å². The predicted octanol–water partition coefficient (Wildman–Crippen LogP) is 4.02. The number of aryl methyl sites for hydroxylation is 3. The number of fused-ring (bicyclic) bond motifs is 2. The maximum Gasteiger partial charge on any atom is 0.264 e. The number of anilines is 3. The first-order chi connectivity index (χ1) is 18.7. The summed E-state index contributed by atoms with van der Waals surface area (Å²) in [6.07, 6.45) is 1.71. The smallest absolute Gasteiger partial charge is 0.264 e. The number of piperazine rings is 1. The van der Waals surface area contributed by atoms with Crippen molar-refractivity contribution in [2.24, 2.45) is 17.8 Å². The molecule has 0 atom stereocenters. The highest BCUT2D eigenvalue weighted by atomic mass is 19.3. The molecule has 8 nitrogen and oxygen atoms in total. The van der Waals surface area contributed by atoms with Crippen LogP contribution in [0.25, 0.3) is 16.5 Å². The lowest BCUT2D eigenvalue weighted by Gasteiger charge is -2.36. The minimum absolute atomic E-state index is 0.0636. The van der Waals surface area contributed by atoms with Crippen molar-refractivity contribution < 1.29 is 8.78 Å². The van der Waals surface area contributed by atoms with Gasteiger partial charge in [-0.05, 0) is 56.1 Å². The zero-order valence-electron chi connectivity index (χ0n) is 22.9. The molecule has 0 aliphatic carbocycles. The number of hydrogen-bond donors (Lipinski definition) is 1. The molecule has 1 aromatic carbocycles. The van der Waals surface area contributed by atoms with Crippen LogP contribution >= 0.6 is 0 Å². The van der Waals surface area contributed by atoms with Gasteiger partial charge in [0.25, 0.3) is 12.0 Å². The molecule has 3 aromatic rings. The molecule has 206 valence electrons. The van der Waals surface area contributed by atoms with Crippen molar-refractivity contribution in [3.63, 3.8) is 0 Å². The van der Waals surface area contributed by atoms with Gasteiger partial charge in [0.05, 0.1) is 5.52 Å². The van der Waals surface area contributed by atoms with Gasteiger partial charge in [-0.15, -0.1) is 0 Å². The molecule has 1 fully saturated rings. The lowest BCUT2D eigenvalue weighted by Crippen LogP contribution is -2.45. The zero-order chi connectivity index (χ0) is 27.8. The number of rotatable bonds is 5. The largest absolute Gasteiger partial charge is 0.404 e. The maximum absolute atomic E-state index is 14.4. The number of benzene rings is 1. The summed E-state index contributed by atoms with van der Waals surface area (Å²) >= 11 is 0. The lowest BCUT2D eigenvalue weighted by molar-refractivity contribution is 0.151. The normalized spacial score (nSPS) is 17.1. The Hall–Kier alpha value is -3.79. The minimum atomic E-state index is -2.70. The van der Waals surface area contributed by atoms with E-state index in [0.29, 0.717) is 34.8 Å². The molecule has 0 radical (unpaired) electrons. The summed E-state index contributed by atoms with van der Waals surface area (Å²) in [4.78, 5) is 28.6. The summed E-state index contributed by atoms with van der Waals surface area (Å²) in [6.45, 7) is 5.87. The second kappa shape index (κ2) is 10.8. The number of allylic oxidation sites excluding steroid dienone is 1. The van der Waals surface area contributed by atoms with Crippen molar-refractivity contribution in [1.29, 1.82) is 0 Å². The van der Waals surface area contributed by atoms with E-state index in [1.54, 1.807) is 31.7 Å². The van der Waals surface area contributed by atoms with Crippen LogP contribution in [0, 0.1) is 6.92 Å². The van der Waals surface area contributed by atoms with Crippen LogP contribution in [-0.2, 0) is 13.5 Å². The van der Waals surface area contributed by atoms with Crippen molar-refractivity contribution in [2.75, 3.05) is 56.6 Å². The van der Waals surface area contributed by atoms with E-state index in [-0.39, 0.29) is 11.1 Å². The van der Waals surface area contributed by atoms with E-state index < -0.39 is 6.43 Å². The molecule has 10 heteroatoms.